The molecule has 1 aliphatic rings. The SMILES string of the molecule is CCCNC(=S)NCCC(=O)NC1CCS(=O)(=O)C1. The summed E-state index contributed by atoms with van der Waals surface area (Å²) in [4.78, 5) is 11.6. The van der Waals surface area contributed by atoms with Crippen LogP contribution in [0.2, 0.25) is 0 Å². The van der Waals surface area contributed by atoms with Gasteiger partial charge in [-0.2, -0.15) is 0 Å². The van der Waals surface area contributed by atoms with Gasteiger partial charge in [-0.15, -0.1) is 0 Å². The average molecular weight is 307 g/mol. The normalized spacial score (nSPS) is 20.8. The lowest BCUT2D eigenvalue weighted by Crippen LogP contribution is -2.40. The van der Waals surface area contributed by atoms with Gasteiger partial charge in [-0.3, -0.25) is 4.79 Å². The minimum Gasteiger partial charge on any atom is -0.363 e. The van der Waals surface area contributed by atoms with E-state index in [2.05, 4.69) is 16.0 Å². The second-order valence-electron chi connectivity index (χ2n) is 4.60. The number of hydrogen-bond donors (Lipinski definition) is 3. The van der Waals surface area contributed by atoms with Crippen LogP contribution in [0, 0.1) is 0 Å². The number of nitrogens with one attached hydrogen (secondary N) is 3. The van der Waals surface area contributed by atoms with E-state index < -0.39 is 9.84 Å². The third kappa shape index (κ3) is 6.72. The molecule has 1 aliphatic heterocycles. The summed E-state index contributed by atoms with van der Waals surface area (Å²) >= 11 is 5.01. The van der Waals surface area contributed by atoms with Crippen LogP contribution in [0.3, 0.4) is 0 Å². The van der Waals surface area contributed by atoms with Gasteiger partial charge in [0.1, 0.15) is 0 Å². The maximum Gasteiger partial charge on any atom is 0.222 e. The van der Waals surface area contributed by atoms with Crippen molar-refractivity contribution >= 4 is 33.1 Å². The zero-order valence-electron chi connectivity index (χ0n) is 11.1. The van der Waals surface area contributed by atoms with Gasteiger partial charge in [0, 0.05) is 25.6 Å². The molecule has 3 N–H and O–H groups in total. The highest BCUT2D eigenvalue weighted by atomic mass is 32.2. The van der Waals surface area contributed by atoms with Crippen LogP contribution in [0.15, 0.2) is 0 Å². The lowest BCUT2D eigenvalue weighted by Gasteiger charge is -2.12. The average Bonchev–Trinajstić information content (AvgIpc) is 2.66. The van der Waals surface area contributed by atoms with Crippen molar-refractivity contribution in [3.05, 3.63) is 0 Å². The standard InChI is InChI=1S/C11H21N3O3S2/c1-2-5-12-11(18)13-6-3-10(15)14-9-4-7-19(16,17)8-9/h9H,2-8H2,1H3,(H,14,15)(H2,12,13,18). The van der Waals surface area contributed by atoms with Crippen molar-refractivity contribution in [1.82, 2.24) is 16.0 Å². The number of sulfone groups is 1. The van der Waals surface area contributed by atoms with E-state index in [-0.39, 0.29) is 29.9 Å². The number of carbonyl (C=O) groups is 1. The van der Waals surface area contributed by atoms with Gasteiger partial charge in [0.05, 0.1) is 11.5 Å². The molecule has 1 saturated heterocycles. The van der Waals surface area contributed by atoms with E-state index in [9.17, 15) is 13.2 Å². The molecule has 110 valence electrons. The Morgan fingerprint density at radius 1 is 1.32 bits per heavy atom. The summed E-state index contributed by atoms with van der Waals surface area (Å²) in [5.74, 6) is 0.0806. The first kappa shape index (κ1) is 16.2. The first-order valence-corrected chi connectivity index (χ1v) is 8.67. The number of hydrogen-bond acceptors (Lipinski definition) is 4. The highest BCUT2D eigenvalue weighted by molar-refractivity contribution is 7.91. The Hall–Kier alpha value is -0.890. The van der Waals surface area contributed by atoms with Gasteiger partial charge in [-0.25, -0.2) is 8.42 Å². The number of thiocarbonyl (C=S) groups is 1. The summed E-state index contributed by atoms with van der Waals surface area (Å²) in [6.07, 6.45) is 1.78. The van der Waals surface area contributed by atoms with Crippen LogP contribution in [0.4, 0.5) is 0 Å². The van der Waals surface area contributed by atoms with Crippen LogP contribution < -0.4 is 16.0 Å². The molecule has 0 saturated carbocycles. The van der Waals surface area contributed by atoms with E-state index in [0.717, 1.165) is 13.0 Å². The smallest absolute Gasteiger partial charge is 0.222 e. The Morgan fingerprint density at radius 3 is 2.58 bits per heavy atom. The molecule has 8 heteroatoms. The fourth-order valence-electron chi connectivity index (χ4n) is 1.80. The van der Waals surface area contributed by atoms with Crippen molar-refractivity contribution in [2.24, 2.45) is 0 Å². The summed E-state index contributed by atoms with van der Waals surface area (Å²) in [5, 5.41) is 9.20. The summed E-state index contributed by atoms with van der Waals surface area (Å²) < 4.78 is 22.5. The minimum absolute atomic E-state index is 0.0582. The molecule has 0 aromatic carbocycles. The van der Waals surface area contributed by atoms with E-state index in [4.69, 9.17) is 12.2 Å². The molecule has 0 bridgehead atoms. The van der Waals surface area contributed by atoms with Gasteiger partial charge in [-0.05, 0) is 25.1 Å². The molecule has 0 spiro atoms. The highest BCUT2D eigenvalue weighted by Crippen LogP contribution is 2.11. The molecule has 0 aromatic rings. The third-order valence-corrected chi connectivity index (χ3v) is 4.83. The monoisotopic (exact) mass is 307 g/mol. The van der Waals surface area contributed by atoms with Gasteiger partial charge < -0.3 is 16.0 Å². The van der Waals surface area contributed by atoms with Gasteiger partial charge in [-0.1, -0.05) is 6.92 Å². The summed E-state index contributed by atoms with van der Waals surface area (Å²) in [6.45, 7) is 3.29. The first-order valence-electron chi connectivity index (χ1n) is 6.44. The molecule has 1 rings (SSSR count). The van der Waals surface area contributed by atoms with Gasteiger partial charge >= 0.3 is 0 Å². The predicted octanol–water partition coefficient (Wildman–Crippen LogP) is -0.446. The lowest BCUT2D eigenvalue weighted by molar-refractivity contribution is -0.121. The summed E-state index contributed by atoms with van der Waals surface area (Å²) in [6, 6.07) is -0.234. The van der Waals surface area contributed by atoms with Crippen molar-refractivity contribution in [2.45, 2.75) is 32.2 Å². The van der Waals surface area contributed by atoms with Crippen LogP contribution in [0.1, 0.15) is 26.2 Å². The summed E-state index contributed by atoms with van der Waals surface area (Å²) in [5.41, 5.74) is 0. The summed E-state index contributed by atoms with van der Waals surface area (Å²) in [7, 11) is -2.95. The molecule has 0 aliphatic carbocycles. The van der Waals surface area contributed by atoms with Crippen molar-refractivity contribution < 1.29 is 13.2 Å². The van der Waals surface area contributed by atoms with E-state index >= 15 is 0 Å². The van der Waals surface area contributed by atoms with Crippen LogP contribution in [0.25, 0.3) is 0 Å². The van der Waals surface area contributed by atoms with E-state index in [1.807, 2.05) is 6.92 Å². The predicted molar refractivity (Wildman–Crippen MR) is 78.7 cm³/mol. The second-order valence-corrected chi connectivity index (χ2v) is 7.24. The molecular formula is C11H21N3O3S2. The zero-order chi connectivity index (χ0) is 14.3. The maximum absolute atomic E-state index is 11.6. The van der Waals surface area contributed by atoms with Crippen molar-refractivity contribution in [3.63, 3.8) is 0 Å². The fourth-order valence-corrected chi connectivity index (χ4v) is 3.68. The fraction of sp³-hybridized carbons (Fsp3) is 0.818. The van der Waals surface area contributed by atoms with E-state index in [1.165, 1.54) is 0 Å². The molecule has 1 atom stereocenters. The Balaban J connectivity index is 2.13. The van der Waals surface area contributed by atoms with Crippen molar-refractivity contribution in [2.75, 3.05) is 24.6 Å². The van der Waals surface area contributed by atoms with Crippen molar-refractivity contribution in [1.29, 1.82) is 0 Å². The Kier molecular flexibility index (Phi) is 6.50. The van der Waals surface area contributed by atoms with Crippen LogP contribution in [0.5, 0.6) is 0 Å². The number of carbonyl (C=O) groups excluding carboxylic acids is 1. The van der Waals surface area contributed by atoms with Crippen molar-refractivity contribution in [3.8, 4) is 0 Å². The Labute approximate surface area is 119 Å². The van der Waals surface area contributed by atoms with Crippen LogP contribution >= 0.6 is 12.2 Å². The second kappa shape index (κ2) is 7.64. The number of amides is 1. The molecule has 6 nitrogen and oxygen atoms in total. The topological polar surface area (TPSA) is 87.3 Å². The quantitative estimate of drug-likeness (QED) is 0.576. The molecule has 1 fully saturated rings. The van der Waals surface area contributed by atoms with Gasteiger partial charge in [0.2, 0.25) is 5.91 Å². The molecular weight excluding hydrogens is 286 g/mol. The minimum atomic E-state index is -2.95. The van der Waals surface area contributed by atoms with E-state index in [1.54, 1.807) is 0 Å². The Morgan fingerprint density at radius 2 is 2.00 bits per heavy atom. The molecule has 1 heterocycles. The lowest BCUT2D eigenvalue weighted by atomic mass is 10.2. The van der Waals surface area contributed by atoms with Crippen LogP contribution in [-0.4, -0.2) is 50.1 Å². The van der Waals surface area contributed by atoms with Gasteiger partial charge in [0.15, 0.2) is 14.9 Å². The van der Waals surface area contributed by atoms with E-state index in [0.29, 0.717) is 18.1 Å². The molecule has 1 amide bonds. The molecule has 19 heavy (non-hydrogen) atoms. The van der Waals surface area contributed by atoms with Gasteiger partial charge in [0.25, 0.3) is 0 Å². The molecule has 0 radical (unpaired) electrons. The number of rotatable bonds is 6. The molecule has 1 unspecified atom stereocenters. The highest BCUT2D eigenvalue weighted by Gasteiger charge is 2.28. The first-order chi connectivity index (χ1) is 8.93. The zero-order valence-corrected chi connectivity index (χ0v) is 12.7. The maximum atomic E-state index is 11.6. The van der Waals surface area contributed by atoms with Crippen LogP contribution in [-0.2, 0) is 14.6 Å². The molecule has 0 aromatic heterocycles. The Bertz CT molecular complexity index is 423. The largest absolute Gasteiger partial charge is 0.363 e. The third-order valence-electron chi connectivity index (χ3n) is 2.77.